The molecule has 0 N–H and O–H groups in total. The maximum atomic E-state index is 5.62. The molecule has 4 heteroatoms. The molecule has 1 spiro atoms. The summed E-state index contributed by atoms with van der Waals surface area (Å²) in [6, 6.07) is 66.7. The molecule has 4 heterocycles. The Labute approximate surface area is 310 Å². The Kier molecular flexibility index (Phi) is 5.28. The van der Waals surface area contributed by atoms with Gasteiger partial charge >= 0.3 is 0 Å². The van der Waals surface area contributed by atoms with Crippen LogP contribution < -0.4 is 0 Å². The fourth-order valence-corrected chi connectivity index (χ4v) is 10.2. The second-order valence-corrected chi connectivity index (χ2v) is 14.7. The van der Waals surface area contributed by atoms with Crippen molar-refractivity contribution in [2.24, 2.45) is 0 Å². The van der Waals surface area contributed by atoms with E-state index in [2.05, 4.69) is 196 Å². The van der Waals surface area contributed by atoms with Gasteiger partial charge in [-0.05, 0) is 82.4 Å². The van der Waals surface area contributed by atoms with E-state index in [1.54, 1.807) is 0 Å². The van der Waals surface area contributed by atoms with E-state index >= 15 is 0 Å². The van der Waals surface area contributed by atoms with E-state index in [1.165, 1.54) is 77.1 Å². The van der Waals surface area contributed by atoms with Crippen molar-refractivity contribution in [1.29, 1.82) is 0 Å². The van der Waals surface area contributed by atoms with Crippen LogP contribution in [0.1, 0.15) is 22.5 Å². The summed E-state index contributed by atoms with van der Waals surface area (Å²) >= 11 is 0. The van der Waals surface area contributed by atoms with Crippen molar-refractivity contribution < 1.29 is 0 Å². The van der Waals surface area contributed by atoms with Crippen LogP contribution in [0.25, 0.3) is 82.8 Å². The van der Waals surface area contributed by atoms with Gasteiger partial charge in [-0.2, -0.15) is 0 Å². The number of imidazole rings is 1. The van der Waals surface area contributed by atoms with Crippen LogP contribution in [0, 0.1) is 0 Å². The molecule has 3 aromatic heterocycles. The van der Waals surface area contributed by atoms with Gasteiger partial charge in [0.1, 0.15) is 11.2 Å². The summed E-state index contributed by atoms with van der Waals surface area (Å²) in [5.74, 6) is 1.05. The van der Waals surface area contributed by atoms with Gasteiger partial charge < -0.3 is 9.13 Å². The van der Waals surface area contributed by atoms with Gasteiger partial charge in [-0.3, -0.25) is 4.57 Å². The van der Waals surface area contributed by atoms with E-state index in [9.17, 15) is 0 Å². The monoisotopic (exact) mass is 686 g/mol. The van der Waals surface area contributed by atoms with Crippen molar-refractivity contribution >= 4 is 54.6 Å². The minimum absolute atomic E-state index is 0.516. The van der Waals surface area contributed by atoms with E-state index in [0.29, 0.717) is 0 Å². The van der Waals surface area contributed by atoms with Crippen LogP contribution in [0.5, 0.6) is 0 Å². The normalized spacial score (nSPS) is 13.7. The van der Waals surface area contributed by atoms with Crippen molar-refractivity contribution in [2.45, 2.75) is 5.41 Å². The van der Waals surface area contributed by atoms with Crippen LogP contribution >= 0.6 is 0 Å². The first kappa shape index (κ1) is 28.4. The molecular weight excluding hydrogens is 657 g/mol. The van der Waals surface area contributed by atoms with Gasteiger partial charge in [-0.1, -0.05) is 127 Å². The maximum Gasteiger partial charge on any atom is 0.134 e. The molecule has 8 aromatic carbocycles. The Hall–Kier alpha value is -7.17. The molecular formula is C50H30N4. The van der Waals surface area contributed by atoms with Gasteiger partial charge in [0.25, 0.3) is 0 Å². The summed E-state index contributed by atoms with van der Waals surface area (Å²) in [5, 5.41) is 4.98. The maximum absolute atomic E-state index is 5.62. The number of para-hydroxylation sites is 5. The molecule has 1 aliphatic carbocycles. The zero-order chi connectivity index (χ0) is 35.1. The summed E-state index contributed by atoms with van der Waals surface area (Å²) in [5.41, 5.74) is 16.2. The highest BCUT2D eigenvalue weighted by atomic mass is 15.2. The fraction of sp³-hybridized carbons (Fsp3) is 0.0200. The van der Waals surface area contributed by atoms with Crippen molar-refractivity contribution in [2.75, 3.05) is 0 Å². The van der Waals surface area contributed by atoms with Crippen molar-refractivity contribution in [3.8, 4) is 28.2 Å². The van der Waals surface area contributed by atoms with Crippen LogP contribution in [0.4, 0.5) is 0 Å². The highest BCUT2D eigenvalue weighted by Gasteiger charge is 2.54. The third kappa shape index (κ3) is 3.29. The molecule has 4 nitrogen and oxygen atoms in total. The Morgan fingerprint density at radius 1 is 0.370 bits per heavy atom. The Balaban J connectivity index is 1.12. The Bertz CT molecular complexity index is 3310. The van der Waals surface area contributed by atoms with E-state index in [4.69, 9.17) is 4.98 Å². The minimum Gasteiger partial charge on any atom is -0.309 e. The Morgan fingerprint density at radius 2 is 0.889 bits per heavy atom. The third-order valence-corrected chi connectivity index (χ3v) is 12.2. The van der Waals surface area contributed by atoms with Gasteiger partial charge in [0.2, 0.25) is 0 Å². The molecule has 1 aliphatic heterocycles. The lowest BCUT2D eigenvalue weighted by atomic mass is 9.73. The first-order valence-corrected chi connectivity index (χ1v) is 18.7. The van der Waals surface area contributed by atoms with Crippen molar-refractivity contribution in [3.05, 3.63) is 205 Å². The molecule has 0 fully saturated rings. The van der Waals surface area contributed by atoms with Gasteiger partial charge in [0.05, 0.1) is 44.5 Å². The van der Waals surface area contributed by atoms with Crippen LogP contribution in [0.2, 0.25) is 0 Å². The quantitative estimate of drug-likeness (QED) is 0.178. The van der Waals surface area contributed by atoms with Crippen LogP contribution in [-0.4, -0.2) is 18.7 Å². The van der Waals surface area contributed by atoms with Gasteiger partial charge in [0.15, 0.2) is 0 Å². The lowest BCUT2D eigenvalue weighted by Gasteiger charge is -2.27. The molecule has 0 amide bonds. The summed E-state index contributed by atoms with van der Waals surface area (Å²) in [4.78, 5) is 5.62. The highest BCUT2D eigenvalue weighted by molar-refractivity contribution is 6.13. The minimum atomic E-state index is -0.516. The van der Waals surface area contributed by atoms with Gasteiger partial charge in [-0.25, -0.2) is 4.98 Å². The average molecular weight is 687 g/mol. The van der Waals surface area contributed by atoms with Crippen LogP contribution in [0.3, 0.4) is 0 Å². The standard InChI is InChI=1S/C50H30N4/c1-6-19-38-32(14-1)33-15-2-7-20-39(33)50(38)40-21-8-12-26-46(40)54-48-41(51-49(50)54)22-13-27-47(48)53-44-25-11-5-18-36(44)37-30-31(28-29-45(37)53)52-42-23-9-3-16-34(42)35-17-4-10-24-43(35)52/h1-30H. The molecule has 54 heavy (non-hydrogen) atoms. The summed E-state index contributed by atoms with van der Waals surface area (Å²) < 4.78 is 7.34. The Morgan fingerprint density at radius 3 is 1.57 bits per heavy atom. The molecule has 13 rings (SSSR count). The molecule has 0 atom stereocenters. The summed E-state index contributed by atoms with van der Waals surface area (Å²) in [6.45, 7) is 0. The molecule has 0 radical (unpaired) electrons. The molecule has 0 unspecified atom stereocenters. The largest absolute Gasteiger partial charge is 0.309 e. The zero-order valence-electron chi connectivity index (χ0n) is 29.1. The lowest BCUT2D eigenvalue weighted by Crippen LogP contribution is -2.27. The number of hydrogen-bond acceptors (Lipinski definition) is 1. The van der Waals surface area contributed by atoms with Gasteiger partial charge in [-0.15, -0.1) is 0 Å². The van der Waals surface area contributed by atoms with Crippen molar-refractivity contribution in [1.82, 2.24) is 18.7 Å². The number of benzene rings is 8. The molecule has 250 valence electrons. The predicted molar refractivity (Wildman–Crippen MR) is 221 cm³/mol. The van der Waals surface area contributed by atoms with Crippen LogP contribution in [0.15, 0.2) is 182 Å². The molecule has 2 aliphatic rings. The molecule has 0 bridgehead atoms. The third-order valence-electron chi connectivity index (χ3n) is 12.2. The molecule has 11 aromatic rings. The predicted octanol–water partition coefficient (Wildman–Crippen LogP) is 11.9. The molecule has 0 saturated heterocycles. The van der Waals surface area contributed by atoms with Gasteiger partial charge in [0, 0.05) is 27.2 Å². The number of rotatable bonds is 2. The zero-order valence-corrected chi connectivity index (χ0v) is 29.1. The number of aromatic nitrogens is 4. The average Bonchev–Trinajstić information content (AvgIpc) is 4.01. The first-order chi connectivity index (χ1) is 26.8. The van der Waals surface area contributed by atoms with E-state index in [1.807, 2.05) is 0 Å². The second-order valence-electron chi connectivity index (χ2n) is 14.7. The van der Waals surface area contributed by atoms with Crippen LogP contribution in [-0.2, 0) is 5.41 Å². The summed E-state index contributed by atoms with van der Waals surface area (Å²) in [6.07, 6.45) is 0. The summed E-state index contributed by atoms with van der Waals surface area (Å²) in [7, 11) is 0. The first-order valence-electron chi connectivity index (χ1n) is 18.7. The lowest BCUT2D eigenvalue weighted by molar-refractivity contribution is 0.738. The number of hydrogen-bond donors (Lipinski definition) is 0. The van der Waals surface area contributed by atoms with E-state index in [0.717, 1.165) is 28.2 Å². The van der Waals surface area contributed by atoms with Crippen molar-refractivity contribution in [3.63, 3.8) is 0 Å². The number of nitrogens with zero attached hydrogens (tertiary/aromatic N) is 4. The highest BCUT2D eigenvalue weighted by Crippen LogP contribution is 2.60. The molecule has 0 saturated carbocycles. The number of fused-ring (bicyclic) bond motifs is 18. The SMILES string of the molecule is c1ccc2c(c1)-c1ccccc1C21c2ccccc2-n2c1nc1cccc(-n3c4ccccc4c4cc(-n5c6ccccc6c6ccccc65)ccc43)c12. The van der Waals surface area contributed by atoms with E-state index in [-0.39, 0.29) is 0 Å². The second kappa shape index (κ2) is 10.0. The topological polar surface area (TPSA) is 27.7 Å². The fourth-order valence-electron chi connectivity index (χ4n) is 10.2. The smallest absolute Gasteiger partial charge is 0.134 e. The van der Waals surface area contributed by atoms with E-state index < -0.39 is 5.41 Å².